The summed E-state index contributed by atoms with van der Waals surface area (Å²) >= 11 is 1.40. The van der Waals surface area contributed by atoms with Gasteiger partial charge in [-0.15, -0.1) is 21.5 Å². The molecule has 0 unspecified atom stereocenters. The molecule has 0 atom stereocenters. The number of carbonyl (C=O) groups is 1. The van der Waals surface area contributed by atoms with Crippen molar-refractivity contribution in [2.24, 2.45) is 0 Å². The molecule has 1 saturated heterocycles. The summed E-state index contributed by atoms with van der Waals surface area (Å²) in [5, 5.41) is 12.6. The van der Waals surface area contributed by atoms with Crippen LogP contribution < -0.4 is 10.2 Å². The van der Waals surface area contributed by atoms with Crippen LogP contribution in [0.25, 0.3) is 11.3 Å². The van der Waals surface area contributed by atoms with E-state index in [0.29, 0.717) is 23.8 Å². The third-order valence-electron chi connectivity index (χ3n) is 4.51. The number of thiazole rings is 1. The Morgan fingerprint density at radius 1 is 1.14 bits per heavy atom. The van der Waals surface area contributed by atoms with Crippen LogP contribution in [0.4, 0.5) is 11.5 Å². The fraction of sp³-hybridized carbons (Fsp3) is 0.300. The van der Waals surface area contributed by atoms with Crippen molar-refractivity contribution >= 4 is 28.7 Å². The highest BCUT2D eigenvalue weighted by molar-refractivity contribution is 7.13. The molecule has 1 fully saturated rings. The predicted molar refractivity (Wildman–Crippen MR) is 110 cm³/mol. The Morgan fingerprint density at radius 2 is 1.96 bits per heavy atom. The molecule has 28 heavy (non-hydrogen) atoms. The second kappa shape index (κ2) is 8.04. The minimum atomic E-state index is -0.144. The average Bonchev–Trinajstić information content (AvgIpc) is 3.07. The van der Waals surface area contributed by atoms with Gasteiger partial charge in [-0.05, 0) is 38.1 Å². The lowest BCUT2D eigenvalue weighted by molar-refractivity contribution is 0.103. The van der Waals surface area contributed by atoms with E-state index in [2.05, 4.69) is 25.4 Å². The molecule has 2 aromatic heterocycles. The van der Waals surface area contributed by atoms with Gasteiger partial charge in [-0.25, -0.2) is 4.98 Å². The number of rotatable bonds is 4. The molecule has 0 spiro atoms. The molecular formula is C20H21N5O2S. The summed E-state index contributed by atoms with van der Waals surface area (Å²) < 4.78 is 5.37. The largest absolute Gasteiger partial charge is 0.378 e. The topological polar surface area (TPSA) is 80.2 Å². The van der Waals surface area contributed by atoms with E-state index < -0.39 is 0 Å². The Bertz CT molecular complexity index is 981. The summed E-state index contributed by atoms with van der Waals surface area (Å²) in [5.41, 5.74) is 3.13. The zero-order valence-corrected chi connectivity index (χ0v) is 16.6. The van der Waals surface area contributed by atoms with E-state index in [4.69, 9.17) is 4.74 Å². The summed E-state index contributed by atoms with van der Waals surface area (Å²) in [6, 6.07) is 11.5. The Kier molecular flexibility index (Phi) is 5.31. The number of carbonyl (C=O) groups excluding carboxylic acids is 1. The molecule has 1 amide bonds. The van der Waals surface area contributed by atoms with Crippen LogP contribution in [-0.2, 0) is 4.74 Å². The third kappa shape index (κ3) is 4.02. The van der Waals surface area contributed by atoms with E-state index in [-0.39, 0.29) is 5.91 Å². The highest BCUT2D eigenvalue weighted by Gasteiger charge is 2.15. The first-order chi connectivity index (χ1) is 13.6. The number of nitrogens with one attached hydrogen (secondary N) is 1. The van der Waals surface area contributed by atoms with Gasteiger partial charge in [-0.3, -0.25) is 4.79 Å². The van der Waals surface area contributed by atoms with Gasteiger partial charge < -0.3 is 15.0 Å². The molecule has 0 radical (unpaired) electrons. The van der Waals surface area contributed by atoms with Crippen molar-refractivity contribution in [2.45, 2.75) is 13.8 Å². The summed E-state index contributed by atoms with van der Waals surface area (Å²) in [5.74, 6) is 0.710. The number of morpholine rings is 1. The summed E-state index contributed by atoms with van der Waals surface area (Å²) in [7, 11) is 0. The Labute approximate surface area is 167 Å². The van der Waals surface area contributed by atoms with E-state index >= 15 is 0 Å². The van der Waals surface area contributed by atoms with Gasteiger partial charge in [0.15, 0.2) is 5.82 Å². The number of hydrogen-bond donors (Lipinski definition) is 1. The highest BCUT2D eigenvalue weighted by atomic mass is 32.1. The van der Waals surface area contributed by atoms with E-state index in [9.17, 15) is 4.79 Å². The molecule has 3 heterocycles. The number of aromatic nitrogens is 3. The lowest BCUT2D eigenvalue weighted by Crippen LogP contribution is -2.36. The molecule has 4 rings (SSSR count). The molecule has 1 aliphatic rings. The maximum Gasteiger partial charge on any atom is 0.267 e. The maximum absolute atomic E-state index is 12.5. The fourth-order valence-electron chi connectivity index (χ4n) is 3.13. The minimum absolute atomic E-state index is 0.144. The molecule has 8 heteroatoms. The smallest absolute Gasteiger partial charge is 0.267 e. The van der Waals surface area contributed by atoms with Gasteiger partial charge in [0, 0.05) is 24.3 Å². The van der Waals surface area contributed by atoms with Crippen LogP contribution in [-0.4, -0.2) is 47.4 Å². The molecule has 3 aromatic rings. The number of anilines is 2. The van der Waals surface area contributed by atoms with Gasteiger partial charge in [-0.2, -0.15) is 0 Å². The molecule has 0 aliphatic carbocycles. The molecule has 1 aromatic carbocycles. The van der Waals surface area contributed by atoms with Crippen LogP contribution in [0.2, 0.25) is 0 Å². The van der Waals surface area contributed by atoms with Gasteiger partial charge in [0.2, 0.25) is 0 Å². The van der Waals surface area contributed by atoms with Crippen LogP contribution in [0.1, 0.15) is 20.4 Å². The predicted octanol–water partition coefficient (Wildman–Crippen LogP) is 3.31. The lowest BCUT2D eigenvalue weighted by atomic mass is 10.1. The number of ether oxygens (including phenoxy) is 1. The van der Waals surface area contributed by atoms with Gasteiger partial charge in [0.05, 0.1) is 29.6 Å². The molecule has 1 N–H and O–H groups in total. The van der Waals surface area contributed by atoms with Crippen molar-refractivity contribution in [1.29, 1.82) is 0 Å². The first-order valence-corrected chi connectivity index (χ1v) is 9.94. The van der Waals surface area contributed by atoms with Crippen molar-refractivity contribution in [1.82, 2.24) is 15.2 Å². The molecular weight excluding hydrogens is 374 g/mol. The second-order valence-corrected chi connectivity index (χ2v) is 7.76. The van der Waals surface area contributed by atoms with E-state index in [1.165, 1.54) is 11.3 Å². The zero-order chi connectivity index (χ0) is 19.5. The van der Waals surface area contributed by atoms with Crippen LogP contribution in [0, 0.1) is 13.8 Å². The van der Waals surface area contributed by atoms with Crippen LogP contribution in [0.5, 0.6) is 0 Å². The Morgan fingerprint density at radius 3 is 2.64 bits per heavy atom. The molecule has 1 aliphatic heterocycles. The van der Waals surface area contributed by atoms with Crippen LogP contribution >= 0.6 is 11.3 Å². The first-order valence-electron chi connectivity index (χ1n) is 9.12. The monoisotopic (exact) mass is 395 g/mol. The normalized spacial score (nSPS) is 14.1. The SMILES string of the molecule is Cc1nc(C)c(C(=O)Nc2cccc(-c3ccc(N4CCOCC4)nn3)c2)s1. The quantitative estimate of drug-likeness (QED) is 0.730. The summed E-state index contributed by atoms with van der Waals surface area (Å²) in [4.78, 5) is 19.6. The standard InChI is InChI=1S/C20H21N5O2S/c1-13-19(28-14(2)21-13)20(26)22-16-5-3-4-15(12-16)17-6-7-18(24-23-17)25-8-10-27-11-9-25/h3-7,12H,8-11H2,1-2H3,(H,22,26). The fourth-order valence-corrected chi connectivity index (χ4v) is 3.94. The van der Waals surface area contributed by atoms with Crippen molar-refractivity contribution < 1.29 is 9.53 Å². The number of aryl methyl sites for hydroxylation is 2. The van der Waals surface area contributed by atoms with Gasteiger partial charge in [0.25, 0.3) is 5.91 Å². The van der Waals surface area contributed by atoms with Crippen LogP contribution in [0.15, 0.2) is 36.4 Å². The Hall–Kier alpha value is -2.84. The van der Waals surface area contributed by atoms with Gasteiger partial charge >= 0.3 is 0 Å². The third-order valence-corrected chi connectivity index (χ3v) is 5.58. The van der Waals surface area contributed by atoms with E-state index in [0.717, 1.165) is 40.9 Å². The average molecular weight is 395 g/mol. The van der Waals surface area contributed by atoms with Gasteiger partial charge in [0.1, 0.15) is 4.88 Å². The number of hydrogen-bond acceptors (Lipinski definition) is 7. The number of amides is 1. The van der Waals surface area contributed by atoms with E-state index in [1.54, 1.807) is 0 Å². The van der Waals surface area contributed by atoms with Crippen molar-refractivity contribution in [2.75, 3.05) is 36.5 Å². The maximum atomic E-state index is 12.5. The Balaban J connectivity index is 1.50. The second-order valence-electron chi connectivity index (χ2n) is 6.56. The molecule has 144 valence electrons. The first kappa shape index (κ1) is 18.5. The number of benzene rings is 1. The minimum Gasteiger partial charge on any atom is -0.378 e. The molecule has 0 saturated carbocycles. The summed E-state index contributed by atoms with van der Waals surface area (Å²) in [6.45, 7) is 6.82. The lowest BCUT2D eigenvalue weighted by Gasteiger charge is -2.27. The molecule has 7 nitrogen and oxygen atoms in total. The van der Waals surface area contributed by atoms with Crippen molar-refractivity contribution in [3.8, 4) is 11.3 Å². The molecule has 0 bridgehead atoms. The van der Waals surface area contributed by atoms with Crippen molar-refractivity contribution in [3.63, 3.8) is 0 Å². The van der Waals surface area contributed by atoms with E-state index in [1.807, 2.05) is 50.2 Å². The number of nitrogens with zero attached hydrogens (tertiary/aromatic N) is 4. The van der Waals surface area contributed by atoms with Crippen LogP contribution in [0.3, 0.4) is 0 Å². The van der Waals surface area contributed by atoms with Gasteiger partial charge in [-0.1, -0.05) is 12.1 Å². The highest BCUT2D eigenvalue weighted by Crippen LogP contribution is 2.24. The zero-order valence-electron chi connectivity index (χ0n) is 15.8. The van der Waals surface area contributed by atoms with Crippen molar-refractivity contribution in [3.05, 3.63) is 52.0 Å². The summed E-state index contributed by atoms with van der Waals surface area (Å²) in [6.07, 6.45) is 0.